The van der Waals surface area contributed by atoms with Crippen molar-refractivity contribution in [2.45, 2.75) is 13.3 Å². The number of nitrogens with two attached hydrogens (primary N) is 1. The molecule has 2 heterocycles. The number of carbonyl (C=O) groups excluding carboxylic acids is 2. The van der Waals surface area contributed by atoms with Crippen LogP contribution < -0.4 is 5.73 Å². The van der Waals surface area contributed by atoms with Gasteiger partial charge < -0.3 is 15.5 Å². The highest BCUT2D eigenvalue weighted by Crippen LogP contribution is 2.32. The van der Waals surface area contributed by atoms with E-state index in [-0.39, 0.29) is 5.91 Å². The third kappa shape index (κ3) is 4.51. The number of aryl methyl sites for hydroxylation is 1. The molecule has 0 aromatic heterocycles. The maximum Gasteiger partial charge on any atom is 0.253 e. The van der Waals surface area contributed by atoms with Crippen LogP contribution in [0.5, 0.6) is 0 Å². The van der Waals surface area contributed by atoms with Gasteiger partial charge in [0.05, 0.1) is 0 Å². The highest BCUT2D eigenvalue weighted by Gasteiger charge is 2.41. The second kappa shape index (κ2) is 8.37. The standard InChI is InChI=1S/C24H28N3O2/c1-17-10-19(23(25)28)12-20(11-17)24(29)27-15-21-13-26(14-22(21)16-27)9-5-8-18-6-3-2-4-7-18/h2-4,6-8,10-12,21-22H,5,9,13-16H2,1H3,(H2,25,28)/t21-,22?/m0/s1. The van der Waals surface area contributed by atoms with Gasteiger partial charge in [-0.1, -0.05) is 30.3 Å². The molecule has 0 aliphatic carbocycles. The second-order valence-corrected chi connectivity index (χ2v) is 8.35. The molecule has 2 atom stereocenters. The van der Waals surface area contributed by atoms with Gasteiger partial charge in [-0.3, -0.25) is 9.59 Å². The molecule has 151 valence electrons. The fourth-order valence-corrected chi connectivity index (χ4v) is 4.67. The number of nitrogens with zero attached hydrogens (tertiary/aromatic N) is 2. The van der Waals surface area contributed by atoms with E-state index < -0.39 is 5.91 Å². The SMILES string of the molecule is Cc1cc(C(N)=O)cc(C(=O)N2CC3CN(CC[CH]c4ccccc4)C[C@H]3C2)c1. The molecule has 2 fully saturated rings. The molecule has 2 amide bonds. The van der Waals surface area contributed by atoms with Crippen molar-refractivity contribution < 1.29 is 9.59 Å². The number of amides is 2. The first-order chi connectivity index (χ1) is 14.0. The van der Waals surface area contributed by atoms with Crippen LogP contribution in [0, 0.1) is 25.2 Å². The molecular weight excluding hydrogens is 362 g/mol. The van der Waals surface area contributed by atoms with Crippen LogP contribution in [0.2, 0.25) is 0 Å². The van der Waals surface area contributed by atoms with Crippen LogP contribution in [0.25, 0.3) is 0 Å². The van der Waals surface area contributed by atoms with E-state index in [1.165, 1.54) is 5.56 Å². The van der Waals surface area contributed by atoms with Gasteiger partial charge in [-0.2, -0.15) is 0 Å². The van der Waals surface area contributed by atoms with Gasteiger partial charge in [-0.05, 0) is 67.5 Å². The number of fused-ring (bicyclic) bond motifs is 1. The fourth-order valence-electron chi connectivity index (χ4n) is 4.67. The Morgan fingerprint density at radius 3 is 2.31 bits per heavy atom. The zero-order chi connectivity index (χ0) is 20.4. The van der Waals surface area contributed by atoms with Crippen molar-refractivity contribution in [2.24, 2.45) is 17.6 Å². The zero-order valence-electron chi connectivity index (χ0n) is 16.9. The van der Waals surface area contributed by atoms with Gasteiger partial charge in [0, 0.05) is 37.3 Å². The van der Waals surface area contributed by atoms with Gasteiger partial charge in [0.2, 0.25) is 5.91 Å². The van der Waals surface area contributed by atoms with Crippen molar-refractivity contribution in [3.63, 3.8) is 0 Å². The number of hydrogen-bond acceptors (Lipinski definition) is 3. The Balaban J connectivity index is 1.30. The van der Waals surface area contributed by atoms with E-state index in [1.54, 1.807) is 12.1 Å². The summed E-state index contributed by atoms with van der Waals surface area (Å²) in [4.78, 5) is 29.0. The Kier molecular flexibility index (Phi) is 5.67. The normalized spacial score (nSPS) is 21.3. The summed E-state index contributed by atoms with van der Waals surface area (Å²) in [7, 11) is 0. The number of primary amides is 1. The van der Waals surface area contributed by atoms with Crippen LogP contribution in [0.4, 0.5) is 0 Å². The summed E-state index contributed by atoms with van der Waals surface area (Å²) in [6, 6.07) is 15.6. The van der Waals surface area contributed by atoms with E-state index in [0.717, 1.165) is 44.7 Å². The minimum Gasteiger partial charge on any atom is -0.366 e. The van der Waals surface area contributed by atoms with E-state index in [2.05, 4.69) is 35.6 Å². The van der Waals surface area contributed by atoms with Crippen LogP contribution in [0.1, 0.15) is 38.3 Å². The highest BCUT2D eigenvalue weighted by atomic mass is 16.2. The van der Waals surface area contributed by atoms with Crippen LogP contribution in [-0.4, -0.2) is 54.3 Å². The van der Waals surface area contributed by atoms with Crippen LogP contribution in [0.3, 0.4) is 0 Å². The van der Waals surface area contributed by atoms with Gasteiger partial charge in [0.25, 0.3) is 5.91 Å². The van der Waals surface area contributed by atoms with Gasteiger partial charge in [-0.15, -0.1) is 0 Å². The Bertz CT molecular complexity index is 882. The molecule has 2 N–H and O–H groups in total. The lowest BCUT2D eigenvalue weighted by Gasteiger charge is -2.22. The van der Waals surface area contributed by atoms with Crippen molar-refractivity contribution in [1.82, 2.24) is 9.80 Å². The first-order valence-electron chi connectivity index (χ1n) is 10.3. The first-order valence-corrected chi connectivity index (χ1v) is 10.3. The van der Waals surface area contributed by atoms with E-state index in [1.807, 2.05) is 24.0 Å². The lowest BCUT2D eigenvalue weighted by Crippen LogP contribution is -2.33. The highest BCUT2D eigenvalue weighted by molar-refractivity contribution is 5.99. The molecule has 5 nitrogen and oxygen atoms in total. The molecule has 1 unspecified atom stereocenters. The summed E-state index contributed by atoms with van der Waals surface area (Å²) in [5.74, 6) is 0.589. The Morgan fingerprint density at radius 2 is 1.66 bits per heavy atom. The molecule has 0 spiro atoms. The molecule has 2 aromatic rings. The maximum atomic E-state index is 13.0. The third-order valence-corrected chi connectivity index (χ3v) is 6.08. The minimum atomic E-state index is -0.496. The fraction of sp³-hybridized carbons (Fsp3) is 0.375. The average Bonchev–Trinajstić information content (AvgIpc) is 3.26. The van der Waals surface area contributed by atoms with Crippen molar-refractivity contribution in [1.29, 1.82) is 0 Å². The van der Waals surface area contributed by atoms with Gasteiger partial charge in [-0.25, -0.2) is 0 Å². The molecule has 4 rings (SSSR count). The quantitative estimate of drug-likeness (QED) is 0.825. The molecule has 2 aliphatic heterocycles. The third-order valence-electron chi connectivity index (χ3n) is 6.08. The second-order valence-electron chi connectivity index (χ2n) is 8.35. The molecule has 2 aliphatic rings. The summed E-state index contributed by atoms with van der Waals surface area (Å²) in [6.07, 6.45) is 3.34. The minimum absolute atomic E-state index is 0.00885. The molecular formula is C24H28N3O2. The zero-order valence-corrected chi connectivity index (χ0v) is 16.9. The predicted octanol–water partition coefficient (Wildman–Crippen LogP) is 2.74. The predicted molar refractivity (Wildman–Crippen MR) is 113 cm³/mol. The van der Waals surface area contributed by atoms with E-state index in [0.29, 0.717) is 23.0 Å². The molecule has 2 aromatic carbocycles. The molecule has 2 saturated heterocycles. The average molecular weight is 391 g/mol. The molecule has 5 heteroatoms. The Morgan fingerprint density at radius 1 is 1.00 bits per heavy atom. The number of carbonyl (C=O) groups is 2. The van der Waals surface area contributed by atoms with Gasteiger partial charge in [0.15, 0.2) is 0 Å². The summed E-state index contributed by atoms with van der Waals surface area (Å²) in [6.45, 7) is 6.64. The Hall–Kier alpha value is -2.66. The first kappa shape index (κ1) is 19.6. The van der Waals surface area contributed by atoms with Crippen molar-refractivity contribution >= 4 is 11.8 Å². The monoisotopic (exact) mass is 390 g/mol. The molecule has 29 heavy (non-hydrogen) atoms. The van der Waals surface area contributed by atoms with Gasteiger partial charge in [0.1, 0.15) is 0 Å². The molecule has 1 radical (unpaired) electrons. The van der Waals surface area contributed by atoms with E-state index in [9.17, 15) is 9.59 Å². The van der Waals surface area contributed by atoms with Crippen molar-refractivity contribution in [2.75, 3.05) is 32.7 Å². The summed E-state index contributed by atoms with van der Waals surface area (Å²) in [5.41, 5.74) is 8.51. The largest absolute Gasteiger partial charge is 0.366 e. The van der Waals surface area contributed by atoms with Crippen LogP contribution in [0.15, 0.2) is 48.5 Å². The van der Waals surface area contributed by atoms with Crippen LogP contribution >= 0.6 is 0 Å². The molecule has 0 saturated carbocycles. The summed E-state index contributed by atoms with van der Waals surface area (Å²) < 4.78 is 0. The van der Waals surface area contributed by atoms with Crippen LogP contribution in [-0.2, 0) is 0 Å². The number of hydrogen-bond donors (Lipinski definition) is 1. The topological polar surface area (TPSA) is 66.6 Å². The smallest absolute Gasteiger partial charge is 0.253 e. The maximum absolute atomic E-state index is 13.0. The number of benzene rings is 2. The number of likely N-dealkylation sites (tertiary alicyclic amines) is 2. The number of rotatable bonds is 6. The van der Waals surface area contributed by atoms with Gasteiger partial charge >= 0.3 is 0 Å². The van der Waals surface area contributed by atoms with E-state index >= 15 is 0 Å². The van der Waals surface area contributed by atoms with Crippen molar-refractivity contribution in [3.05, 3.63) is 77.2 Å². The van der Waals surface area contributed by atoms with Crippen molar-refractivity contribution in [3.8, 4) is 0 Å². The molecule has 0 bridgehead atoms. The lowest BCUT2D eigenvalue weighted by molar-refractivity contribution is 0.0774. The summed E-state index contributed by atoms with van der Waals surface area (Å²) >= 11 is 0. The Labute approximate surface area is 172 Å². The lowest BCUT2D eigenvalue weighted by atomic mass is 10.0. The summed E-state index contributed by atoms with van der Waals surface area (Å²) in [5, 5.41) is 0. The van der Waals surface area contributed by atoms with E-state index in [4.69, 9.17) is 5.73 Å².